The maximum atomic E-state index is 13.6. The fourth-order valence-electron chi connectivity index (χ4n) is 4.42. The van der Waals surface area contributed by atoms with Gasteiger partial charge in [0.1, 0.15) is 5.78 Å². The number of allylic oxidation sites excluding steroid dienone is 1. The average Bonchev–Trinajstić information content (AvgIpc) is 3.29. The summed E-state index contributed by atoms with van der Waals surface area (Å²) in [5.41, 5.74) is 3.27. The number of benzene rings is 2. The number of rotatable bonds is 15. The summed E-state index contributed by atoms with van der Waals surface area (Å²) >= 11 is 1.60. The van der Waals surface area contributed by atoms with Crippen LogP contribution >= 0.6 is 11.3 Å². The number of nitrogens with zero attached hydrogens (tertiary/aromatic N) is 1. The Kier molecular flexibility index (Phi) is 10.8. The summed E-state index contributed by atoms with van der Waals surface area (Å²) in [5.74, 6) is -0.185. The van der Waals surface area contributed by atoms with E-state index in [4.69, 9.17) is 4.98 Å². The van der Waals surface area contributed by atoms with Crippen LogP contribution in [0.3, 0.4) is 0 Å². The number of carbonyl (C=O) groups excluding carboxylic acids is 3. The maximum absolute atomic E-state index is 13.6. The van der Waals surface area contributed by atoms with Crippen LogP contribution in [0.1, 0.15) is 74.9 Å². The van der Waals surface area contributed by atoms with Crippen molar-refractivity contribution in [2.75, 3.05) is 0 Å². The van der Waals surface area contributed by atoms with E-state index in [-0.39, 0.29) is 29.9 Å². The Morgan fingerprint density at radius 3 is 2.49 bits per heavy atom. The second-order valence-electron chi connectivity index (χ2n) is 9.99. The molecule has 0 saturated heterocycles. The fourth-order valence-corrected chi connectivity index (χ4v) is 5.52. The van der Waals surface area contributed by atoms with Crippen LogP contribution in [0.25, 0.3) is 10.2 Å². The Labute approximate surface area is 224 Å². The van der Waals surface area contributed by atoms with Gasteiger partial charge in [-0.2, -0.15) is 0 Å². The van der Waals surface area contributed by atoms with Crippen molar-refractivity contribution in [1.82, 2.24) is 10.3 Å². The largest absolute Gasteiger partial charge is 0.353 e. The van der Waals surface area contributed by atoms with Gasteiger partial charge < -0.3 is 5.32 Å². The molecule has 1 aromatic heterocycles. The number of hydrogen-bond acceptors (Lipinski definition) is 5. The number of hydrogen-bond donors (Lipinski definition) is 1. The van der Waals surface area contributed by atoms with Crippen molar-refractivity contribution in [3.8, 4) is 0 Å². The Morgan fingerprint density at radius 1 is 1.05 bits per heavy atom. The monoisotopic (exact) mass is 518 g/mol. The third kappa shape index (κ3) is 8.74. The minimum absolute atomic E-state index is 0.0442. The molecular formula is C31H38N2O3S. The van der Waals surface area contributed by atoms with Crippen LogP contribution in [0, 0.1) is 5.92 Å². The number of aromatic nitrogens is 1. The molecule has 6 heteroatoms. The molecule has 0 spiro atoms. The molecular weight excluding hydrogens is 480 g/mol. The third-order valence-corrected chi connectivity index (χ3v) is 7.60. The highest BCUT2D eigenvalue weighted by Crippen LogP contribution is 2.28. The number of nitrogens with one attached hydrogen (secondary N) is 1. The molecule has 2 aromatic carbocycles. The van der Waals surface area contributed by atoms with Crippen molar-refractivity contribution in [2.45, 2.75) is 77.7 Å². The van der Waals surface area contributed by atoms with Crippen LogP contribution in [-0.4, -0.2) is 28.5 Å². The van der Waals surface area contributed by atoms with E-state index in [1.807, 2.05) is 43.3 Å². The first-order valence-corrected chi connectivity index (χ1v) is 14.0. The highest BCUT2D eigenvalue weighted by molar-refractivity contribution is 7.18. The van der Waals surface area contributed by atoms with Gasteiger partial charge in [-0.25, -0.2) is 4.98 Å². The van der Waals surface area contributed by atoms with E-state index in [0.29, 0.717) is 38.0 Å². The third-order valence-electron chi connectivity index (χ3n) is 6.56. The van der Waals surface area contributed by atoms with Crippen molar-refractivity contribution in [3.63, 3.8) is 0 Å². The van der Waals surface area contributed by atoms with Crippen LogP contribution in [0.2, 0.25) is 0 Å². The molecule has 0 aliphatic carbocycles. The number of Topliss-reactive ketones (excluding diaryl/α,β-unsaturated/α-hetero) is 1. The maximum Gasteiger partial charge on any atom is 0.224 e. The topological polar surface area (TPSA) is 76.1 Å². The molecule has 0 bridgehead atoms. The van der Waals surface area contributed by atoms with E-state index in [1.54, 1.807) is 11.3 Å². The molecule has 0 aliphatic heterocycles. The van der Waals surface area contributed by atoms with Gasteiger partial charge in [-0.05, 0) is 54.5 Å². The molecule has 0 fully saturated rings. The van der Waals surface area contributed by atoms with Crippen molar-refractivity contribution in [1.29, 1.82) is 0 Å². The molecule has 1 amide bonds. The second kappa shape index (κ2) is 14.0. The molecule has 37 heavy (non-hydrogen) atoms. The Hall–Kier alpha value is -3.12. The Bertz CT molecular complexity index is 1220. The van der Waals surface area contributed by atoms with Crippen LogP contribution in [0.15, 0.2) is 61.2 Å². The summed E-state index contributed by atoms with van der Waals surface area (Å²) in [6, 6.07) is 16.0. The Morgan fingerprint density at radius 2 is 1.81 bits per heavy atom. The van der Waals surface area contributed by atoms with Gasteiger partial charge in [0, 0.05) is 31.7 Å². The lowest BCUT2D eigenvalue weighted by molar-refractivity contribution is -0.130. The Balaban J connectivity index is 1.80. The standard InChI is InChI=1S/C31H38N2O3S/c1-5-10-27(35)18-24(20-30-33-28-16-13-23(21(3)4)19-29(28)37-30)31(36)32-25(14-15-26(34)6-2)17-22-11-8-7-9-12-22/h6-9,11-13,16,19,21,24-25H,2,5,10,14-15,17-18,20H2,1,3-4H3,(H,32,36)/t24-,25+/m0/s1. The number of amides is 1. The highest BCUT2D eigenvalue weighted by Gasteiger charge is 2.26. The molecule has 1 N–H and O–H groups in total. The van der Waals surface area contributed by atoms with Gasteiger partial charge in [0.25, 0.3) is 0 Å². The van der Waals surface area contributed by atoms with Crippen LogP contribution < -0.4 is 5.32 Å². The molecule has 0 aliphatic rings. The quantitative estimate of drug-likeness (QED) is 0.230. The molecule has 5 nitrogen and oxygen atoms in total. The molecule has 196 valence electrons. The van der Waals surface area contributed by atoms with E-state index >= 15 is 0 Å². The van der Waals surface area contributed by atoms with Gasteiger partial charge in [0.2, 0.25) is 5.91 Å². The van der Waals surface area contributed by atoms with Crippen LogP contribution in [0.4, 0.5) is 0 Å². The van der Waals surface area contributed by atoms with E-state index in [9.17, 15) is 14.4 Å². The molecule has 3 aromatic rings. The summed E-state index contributed by atoms with van der Waals surface area (Å²) in [5, 5.41) is 4.03. The van der Waals surface area contributed by atoms with Gasteiger partial charge in [0.05, 0.1) is 21.1 Å². The number of fused-ring (bicyclic) bond motifs is 1. The van der Waals surface area contributed by atoms with Gasteiger partial charge >= 0.3 is 0 Å². The van der Waals surface area contributed by atoms with Crippen LogP contribution in [-0.2, 0) is 27.2 Å². The summed E-state index contributed by atoms with van der Waals surface area (Å²) < 4.78 is 1.10. The summed E-state index contributed by atoms with van der Waals surface area (Å²) in [7, 11) is 0. The normalized spacial score (nSPS) is 12.9. The van der Waals surface area contributed by atoms with Gasteiger partial charge in [0.15, 0.2) is 5.78 Å². The van der Waals surface area contributed by atoms with Gasteiger partial charge in [-0.1, -0.05) is 63.7 Å². The molecule has 0 radical (unpaired) electrons. The van der Waals surface area contributed by atoms with Crippen LogP contribution in [0.5, 0.6) is 0 Å². The SMILES string of the molecule is C=CC(=O)CC[C@H](Cc1ccccc1)NC(=O)[C@@H](CC(=O)CCC)Cc1nc2ccc(C(C)C)cc2s1. The first-order chi connectivity index (χ1) is 17.8. The van der Waals surface area contributed by atoms with E-state index in [0.717, 1.165) is 27.2 Å². The zero-order valence-electron chi connectivity index (χ0n) is 22.2. The molecule has 3 rings (SSSR count). The van der Waals surface area contributed by atoms with Crippen molar-refractivity contribution < 1.29 is 14.4 Å². The molecule has 1 heterocycles. The predicted octanol–water partition coefficient (Wildman–Crippen LogP) is 6.60. The average molecular weight is 519 g/mol. The molecule has 2 atom stereocenters. The van der Waals surface area contributed by atoms with Crippen molar-refractivity contribution in [2.24, 2.45) is 5.92 Å². The lowest BCUT2D eigenvalue weighted by atomic mass is 9.94. The van der Waals surface area contributed by atoms with Crippen molar-refractivity contribution >= 4 is 39.0 Å². The van der Waals surface area contributed by atoms with Gasteiger partial charge in [-0.15, -0.1) is 11.3 Å². The zero-order valence-corrected chi connectivity index (χ0v) is 23.0. The number of thiazole rings is 1. The summed E-state index contributed by atoms with van der Waals surface area (Å²) in [6.45, 7) is 9.86. The summed E-state index contributed by atoms with van der Waals surface area (Å²) in [4.78, 5) is 42.9. The van der Waals surface area contributed by atoms with E-state index in [1.165, 1.54) is 11.6 Å². The predicted molar refractivity (Wildman–Crippen MR) is 152 cm³/mol. The van der Waals surface area contributed by atoms with Gasteiger partial charge in [-0.3, -0.25) is 14.4 Å². The summed E-state index contributed by atoms with van der Waals surface area (Å²) in [6.07, 6.45) is 4.60. The lowest BCUT2D eigenvalue weighted by Gasteiger charge is -2.22. The number of carbonyl (C=O) groups is 3. The first kappa shape index (κ1) is 28.5. The lowest BCUT2D eigenvalue weighted by Crippen LogP contribution is -2.41. The zero-order chi connectivity index (χ0) is 26.8. The van der Waals surface area contributed by atoms with E-state index < -0.39 is 5.92 Å². The minimum Gasteiger partial charge on any atom is -0.353 e. The second-order valence-corrected chi connectivity index (χ2v) is 11.1. The smallest absolute Gasteiger partial charge is 0.224 e. The highest BCUT2D eigenvalue weighted by atomic mass is 32.1. The first-order valence-electron chi connectivity index (χ1n) is 13.2. The van der Waals surface area contributed by atoms with E-state index in [2.05, 4.69) is 37.9 Å². The fraction of sp³-hybridized carbons (Fsp3) is 0.419. The number of ketones is 2. The van der Waals surface area contributed by atoms with Crippen molar-refractivity contribution in [3.05, 3.63) is 77.3 Å². The minimum atomic E-state index is -0.502. The molecule has 0 unspecified atom stereocenters. The molecule has 0 saturated carbocycles.